The number of hydrazine groups is 1. The number of carbonyl (C=O) groups excluding carboxylic acids is 5. The molecule has 0 saturated carbocycles. The number of hydrogen-bond donors (Lipinski definition) is 2. The summed E-state index contributed by atoms with van der Waals surface area (Å²) in [4.78, 5) is 83.3. The van der Waals surface area contributed by atoms with Gasteiger partial charge in [-0.1, -0.05) is 33.6 Å². The third-order valence-electron chi connectivity index (χ3n) is 15.5. The third-order valence-corrected chi connectivity index (χ3v) is 15.5. The van der Waals surface area contributed by atoms with Crippen molar-refractivity contribution >= 4 is 46.2 Å². The maximum Gasteiger partial charge on any atom is 0.406 e. The molecule has 3 aromatic rings. The first-order valence-electron chi connectivity index (χ1n) is 25.8. The van der Waals surface area contributed by atoms with Gasteiger partial charge in [0.1, 0.15) is 24.7 Å². The van der Waals surface area contributed by atoms with E-state index in [4.69, 9.17) is 14.2 Å². The van der Waals surface area contributed by atoms with Crippen LogP contribution in [0.2, 0.25) is 0 Å². The van der Waals surface area contributed by atoms with Gasteiger partial charge in [-0.05, 0) is 108 Å². The quantitative estimate of drug-likeness (QED) is 0.219. The first-order chi connectivity index (χ1) is 34.9. The molecule has 6 bridgehead atoms. The molecule has 402 valence electrons. The normalized spacial score (nSPS) is 24.4. The van der Waals surface area contributed by atoms with Crippen LogP contribution in [-0.4, -0.2) is 168 Å². The van der Waals surface area contributed by atoms with E-state index in [2.05, 4.69) is 32.5 Å². The molecule has 1 spiro atoms. The number of ether oxygens (including phenoxy) is 3. The topological polar surface area (TPSA) is 171 Å². The van der Waals surface area contributed by atoms with Crippen LogP contribution in [0.25, 0.3) is 22.2 Å². The lowest BCUT2D eigenvalue weighted by Gasteiger charge is -2.39. The average molecular weight is 1030 g/mol. The van der Waals surface area contributed by atoms with Crippen LogP contribution >= 0.6 is 0 Å². The van der Waals surface area contributed by atoms with Gasteiger partial charge in [-0.3, -0.25) is 38.9 Å². The van der Waals surface area contributed by atoms with Crippen molar-refractivity contribution in [2.45, 2.75) is 129 Å². The van der Waals surface area contributed by atoms with Crippen molar-refractivity contribution in [1.82, 2.24) is 40.0 Å². The second-order valence-electron chi connectivity index (χ2n) is 22.6. The predicted molar refractivity (Wildman–Crippen MR) is 271 cm³/mol. The highest BCUT2D eigenvalue weighted by molar-refractivity contribution is 5.98. The van der Waals surface area contributed by atoms with Crippen molar-refractivity contribution in [3.63, 3.8) is 0 Å². The Labute approximate surface area is 431 Å². The van der Waals surface area contributed by atoms with Crippen LogP contribution in [0.5, 0.6) is 0 Å². The van der Waals surface area contributed by atoms with Crippen LogP contribution in [0.4, 0.5) is 18.9 Å². The number of esters is 1. The van der Waals surface area contributed by atoms with E-state index in [0.717, 1.165) is 5.69 Å². The number of anilines is 1. The zero-order valence-corrected chi connectivity index (χ0v) is 44.2. The number of cyclic esters (lactones) is 1. The second kappa shape index (κ2) is 21.5. The molecular formula is C54H72F3N9O8. The number of aromatic nitrogens is 2. The Balaban J connectivity index is 1.12. The van der Waals surface area contributed by atoms with Gasteiger partial charge in [-0.25, -0.2) is 5.43 Å². The Morgan fingerprint density at radius 1 is 1.07 bits per heavy atom. The van der Waals surface area contributed by atoms with E-state index in [-0.39, 0.29) is 76.6 Å². The van der Waals surface area contributed by atoms with Gasteiger partial charge < -0.3 is 38.8 Å². The molecule has 4 saturated heterocycles. The van der Waals surface area contributed by atoms with Crippen LogP contribution < -0.4 is 15.6 Å². The smallest absolute Gasteiger partial charge is 0.406 e. The van der Waals surface area contributed by atoms with Gasteiger partial charge >= 0.3 is 12.1 Å². The first kappa shape index (κ1) is 54.5. The van der Waals surface area contributed by atoms with Crippen LogP contribution in [0.15, 0.2) is 36.5 Å². The molecule has 1 aromatic carbocycles. The number of fused-ring (bicyclic) bond motifs is 6. The van der Waals surface area contributed by atoms with E-state index in [1.807, 2.05) is 66.6 Å². The van der Waals surface area contributed by atoms with Crippen molar-refractivity contribution < 1.29 is 51.4 Å². The van der Waals surface area contributed by atoms with Gasteiger partial charge in [-0.15, -0.1) is 0 Å². The number of benzene rings is 1. The highest BCUT2D eigenvalue weighted by atomic mass is 19.4. The summed E-state index contributed by atoms with van der Waals surface area (Å²) in [6.45, 7) is 12.1. The zero-order chi connectivity index (χ0) is 53.5. The summed E-state index contributed by atoms with van der Waals surface area (Å²) in [5, 5.41) is 5.00. The monoisotopic (exact) mass is 1030 g/mol. The summed E-state index contributed by atoms with van der Waals surface area (Å²) in [5.74, 6) is 3.29. The molecule has 0 aliphatic carbocycles. The molecule has 4 amide bonds. The standard InChI is InChI=1S/C54H72F3N9O8/c1-34(2)45(64-23-19-53(50(64)71)18-22-63(31-53)44(67)16-17-52(5,6)61(7)8)47(68)59-41-27-36-29-62(24-25-73-36)35-14-15-43-38(26-35)39(28-51(3,4)33-74-49(70)40-13-11-21-66(60-40)48(41)69)46(65(43)32-54(55,56)57)37-12-10-20-58-42(37)30-72-9/h10,12,14-15,20,26,34,36,40-41,45,60H,11,13,18-19,21-25,27-33H2,1-9H3,(H,59,68)/t36-,40-,41-,45?,53+/m0/s1. The van der Waals surface area contributed by atoms with E-state index in [1.165, 1.54) is 16.7 Å². The zero-order valence-electron chi connectivity index (χ0n) is 44.2. The minimum atomic E-state index is -4.58. The summed E-state index contributed by atoms with van der Waals surface area (Å²) < 4.78 is 63.2. The van der Waals surface area contributed by atoms with Gasteiger partial charge in [-0.2, -0.15) is 13.2 Å². The van der Waals surface area contributed by atoms with Crippen LogP contribution in [0.1, 0.15) is 84.9 Å². The number of nitrogens with one attached hydrogen (secondary N) is 2. The SMILES string of the molecule is COCc1ncccc1-c1c2c3cc(ccc3n1CC(F)(F)F)N1CCO[C@@H](C[C@H](NC(=O)C(C(C)C)N3CC[C@@]4(CCN(C(=O)C#CC(C)(C)N(C)C)C4)C3=O)C(=O)N3CCC[C@H](N3)C(=O)OCC(C)(C)C2)C1. The number of morpholine rings is 1. The second-order valence-corrected chi connectivity index (χ2v) is 22.6. The lowest BCUT2D eigenvalue weighted by molar-refractivity contribution is -0.156. The summed E-state index contributed by atoms with van der Waals surface area (Å²) in [5.41, 5.74) is 3.92. The molecule has 1 unspecified atom stereocenters. The van der Waals surface area contributed by atoms with Gasteiger partial charge in [0.05, 0.1) is 48.3 Å². The van der Waals surface area contributed by atoms with Gasteiger partial charge in [0, 0.05) is 86.6 Å². The number of rotatable bonds is 9. The Bertz CT molecular complexity index is 2690. The van der Waals surface area contributed by atoms with Crippen molar-refractivity contribution in [2.75, 3.05) is 78.6 Å². The van der Waals surface area contributed by atoms with E-state index in [0.29, 0.717) is 72.2 Å². The highest BCUT2D eigenvalue weighted by Gasteiger charge is 2.54. The minimum absolute atomic E-state index is 0.0247. The first-order valence-corrected chi connectivity index (χ1v) is 25.8. The Hall–Kier alpha value is -5.75. The molecule has 8 rings (SSSR count). The molecule has 17 nitrogen and oxygen atoms in total. The summed E-state index contributed by atoms with van der Waals surface area (Å²) in [6.07, 6.45) is -1.67. The molecule has 74 heavy (non-hydrogen) atoms. The summed E-state index contributed by atoms with van der Waals surface area (Å²) >= 11 is 0. The molecule has 4 fully saturated rings. The molecule has 7 heterocycles. The van der Waals surface area contributed by atoms with Crippen molar-refractivity contribution in [3.8, 4) is 23.1 Å². The third kappa shape index (κ3) is 11.6. The van der Waals surface area contributed by atoms with Crippen molar-refractivity contribution in [1.29, 1.82) is 0 Å². The van der Waals surface area contributed by atoms with Gasteiger partial charge in [0.15, 0.2) is 0 Å². The number of likely N-dealkylation sites (tertiary alicyclic amines) is 2. The number of hydrogen-bond acceptors (Lipinski definition) is 12. The number of pyridine rings is 1. The molecule has 0 radical (unpaired) electrons. The van der Waals surface area contributed by atoms with E-state index < -0.39 is 71.1 Å². The molecule has 20 heteroatoms. The number of methoxy groups -OCH3 is 1. The lowest BCUT2D eigenvalue weighted by atomic mass is 9.84. The lowest BCUT2D eigenvalue weighted by Crippen LogP contribution is -2.62. The predicted octanol–water partition coefficient (Wildman–Crippen LogP) is 4.93. The van der Waals surface area contributed by atoms with Gasteiger partial charge in [0.2, 0.25) is 11.8 Å². The maximum atomic E-state index is 14.8. The molecule has 5 aliphatic rings. The van der Waals surface area contributed by atoms with E-state index in [9.17, 15) is 37.1 Å². The number of nitrogens with zero attached hydrogens (tertiary/aromatic N) is 7. The average Bonchev–Trinajstić information content (AvgIpc) is 4.01. The Morgan fingerprint density at radius 2 is 1.82 bits per heavy atom. The fraction of sp³-hybridized carbons (Fsp3) is 0.630. The molecular weight excluding hydrogens is 960 g/mol. The summed E-state index contributed by atoms with van der Waals surface area (Å²) in [6, 6.07) is 5.81. The van der Waals surface area contributed by atoms with Crippen LogP contribution in [0.3, 0.4) is 0 Å². The number of amides is 4. The molecule has 5 aliphatic heterocycles. The fourth-order valence-corrected chi connectivity index (χ4v) is 11.1. The van der Waals surface area contributed by atoms with E-state index >= 15 is 0 Å². The Morgan fingerprint density at radius 3 is 2.54 bits per heavy atom. The highest BCUT2D eigenvalue weighted by Crippen LogP contribution is 2.44. The van der Waals surface area contributed by atoms with Crippen molar-refractivity contribution in [3.05, 3.63) is 47.8 Å². The minimum Gasteiger partial charge on any atom is -0.464 e. The van der Waals surface area contributed by atoms with Crippen molar-refractivity contribution in [2.24, 2.45) is 16.7 Å². The summed E-state index contributed by atoms with van der Waals surface area (Å²) in [7, 11) is 5.28. The van der Waals surface area contributed by atoms with E-state index in [1.54, 1.807) is 40.3 Å². The number of alkyl halides is 3. The largest absolute Gasteiger partial charge is 0.464 e. The molecule has 2 aromatic heterocycles. The number of carbonyl (C=O) groups is 5. The molecule has 2 N–H and O–H groups in total. The Kier molecular flexibility index (Phi) is 15.8. The number of halogens is 3. The molecule has 5 atom stereocenters. The van der Waals surface area contributed by atoms with Gasteiger partial charge in [0.25, 0.3) is 11.8 Å². The maximum absolute atomic E-state index is 14.8. The van der Waals surface area contributed by atoms with Crippen LogP contribution in [0, 0.1) is 28.6 Å². The fourth-order valence-electron chi connectivity index (χ4n) is 11.1. The van der Waals surface area contributed by atoms with Crippen LogP contribution in [-0.2, 0) is 57.8 Å².